The number of hydrogen-bond donors (Lipinski definition) is 1. The quantitative estimate of drug-likeness (QED) is 0.908. The minimum atomic E-state index is -0.953. The number of aryl methyl sites for hydroxylation is 1. The molecule has 0 saturated carbocycles. The molecule has 0 radical (unpaired) electrons. The summed E-state index contributed by atoms with van der Waals surface area (Å²) in [6.45, 7) is 2.00. The second-order valence-corrected chi connectivity index (χ2v) is 4.95. The van der Waals surface area contributed by atoms with E-state index in [-0.39, 0.29) is 6.61 Å². The van der Waals surface area contributed by atoms with Crippen molar-refractivity contribution in [2.75, 3.05) is 6.61 Å². The molecule has 1 N–H and O–H groups in total. The minimum Gasteiger partial charge on any atom is -0.492 e. The summed E-state index contributed by atoms with van der Waals surface area (Å²) in [5, 5.41) is 9.78. The summed E-state index contributed by atoms with van der Waals surface area (Å²) in [5.74, 6) is -1.08. The van der Waals surface area contributed by atoms with Crippen molar-refractivity contribution in [1.29, 1.82) is 0 Å². The molecule has 0 aliphatic heterocycles. The van der Waals surface area contributed by atoms with E-state index in [1.54, 1.807) is 30.3 Å². The first-order valence-corrected chi connectivity index (χ1v) is 6.62. The summed E-state index contributed by atoms with van der Waals surface area (Å²) < 4.78 is 5.58. The Morgan fingerprint density at radius 3 is 2.65 bits per heavy atom. The predicted molar refractivity (Wildman–Crippen MR) is 78.5 cm³/mol. The van der Waals surface area contributed by atoms with Gasteiger partial charge in [0.05, 0.1) is 0 Å². The molecule has 0 aliphatic carbocycles. The number of benzene rings is 2. The van der Waals surface area contributed by atoms with Crippen molar-refractivity contribution in [3.05, 3.63) is 64.7 Å². The maximum atomic E-state index is 11.4. The van der Waals surface area contributed by atoms with Crippen LogP contribution in [0.2, 0.25) is 5.02 Å². The summed E-state index contributed by atoms with van der Waals surface area (Å²) in [4.78, 5) is 11.4. The Hall–Kier alpha value is -2.00. The van der Waals surface area contributed by atoms with Crippen LogP contribution >= 0.6 is 11.6 Å². The van der Waals surface area contributed by atoms with Gasteiger partial charge in [0.25, 0.3) is 0 Å². The van der Waals surface area contributed by atoms with Gasteiger partial charge in [0.1, 0.15) is 18.3 Å². The fourth-order valence-electron chi connectivity index (χ4n) is 1.94. The molecule has 1 atom stereocenters. The highest BCUT2D eigenvalue weighted by molar-refractivity contribution is 6.31. The lowest BCUT2D eigenvalue weighted by Crippen LogP contribution is -2.19. The van der Waals surface area contributed by atoms with Gasteiger partial charge in [-0.15, -0.1) is 0 Å². The molecule has 1 unspecified atom stereocenters. The number of carboxylic acids is 1. The molecular weight excluding hydrogens is 276 g/mol. The third kappa shape index (κ3) is 3.52. The van der Waals surface area contributed by atoms with Crippen molar-refractivity contribution in [3.8, 4) is 5.75 Å². The zero-order valence-electron chi connectivity index (χ0n) is 11.0. The van der Waals surface area contributed by atoms with Crippen molar-refractivity contribution in [2.45, 2.75) is 12.8 Å². The second-order valence-electron chi connectivity index (χ2n) is 4.54. The smallest absolute Gasteiger partial charge is 0.314 e. The molecule has 2 rings (SSSR count). The summed E-state index contributed by atoms with van der Waals surface area (Å²) in [6.07, 6.45) is 0. The highest BCUT2D eigenvalue weighted by atomic mass is 35.5. The Kier molecular flexibility index (Phi) is 4.64. The highest BCUT2D eigenvalue weighted by Gasteiger charge is 2.23. The van der Waals surface area contributed by atoms with Gasteiger partial charge in [0.2, 0.25) is 0 Å². The largest absolute Gasteiger partial charge is 0.492 e. The molecule has 0 amide bonds. The summed E-state index contributed by atoms with van der Waals surface area (Å²) in [7, 11) is 0. The Morgan fingerprint density at radius 1 is 1.25 bits per heavy atom. The van der Waals surface area contributed by atoms with E-state index in [0.717, 1.165) is 5.56 Å². The number of hydrogen-bond acceptors (Lipinski definition) is 2. The van der Waals surface area contributed by atoms with Gasteiger partial charge < -0.3 is 9.84 Å². The second kappa shape index (κ2) is 6.44. The fraction of sp³-hybridized carbons (Fsp3) is 0.188. The molecule has 0 aliphatic rings. The van der Waals surface area contributed by atoms with E-state index in [4.69, 9.17) is 16.3 Å². The lowest BCUT2D eigenvalue weighted by Gasteiger charge is -2.15. The van der Waals surface area contributed by atoms with Gasteiger partial charge in [-0.2, -0.15) is 0 Å². The minimum absolute atomic E-state index is 0.0442. The first-order chi connectivity index (χ1) is 9.58. The molecule has 2 aromatic rings. The number of aliphatic carboxylic acids is 1. The van der Waals surface area contributed by atoms with Gasteiger partial charge in [-0.25, -0.2) is 0 Å². The van der Waals surface area contributed by atoms with Crippen LogP contribution in [0, 0.1) is 6.92 Å². The number of carboxylic acid groups (broad SMARTS) is 1. The van der Waals surface area contributed by atoms with Gasteiger partial charge in [-0.1, -0.05) is 41.9 Å². The normalized spacial score (nSPS) is 11.9. The zero-order valence-corrected chi connectivity index (χ0v) is 11.8. The van der Waals surface area contributed by atoms with Crippen molar-refractivity contribution < 1.29 is 14.6 Å². The third-order valence-corrected chi connectivity index (χ3v) is 3.33. The molecule has 0 bridgehead atoms. The summed E-state index contributed by atoms with van der Waals surface area (Å²) in [5.41, 5.74) is 1.63. The van der Waals surface area contributed by atoms with E-state index < -0.39 is 11.9 Å². The molecule has 2 aromatic carbocycles. The molecule has 0 heterocycles. The molecule has 20 heavy (non-hydrogen) atoms. The van der Waals surface area contributed by atoms with Crippen LogP contribution in [-0.2, 0) is 4.79 Å². The fourth-order valence-corrected chi connectivity index (χ4v) is 2.20. The standard InChI is InChI=1S/C16H15ClO3/c1-11-5-4-6-12(9-11)20-10-14(16(18)19)13-7-2-3-8-15(13)17/h2-9,14H,10H2,1H3,(H,18,19). The molecular formula is C16H15ClO3. The maximum Gasteiger partial charge on any atom is 0.314 e. The zero-order chi connectivity index (χ0) is 14.5. The van der Waals surface area contributed by atoms with Gasteiger partial charge in [-0.3, -0.25) is 4.79 Å². The Bertz CT molecular complexity index is 610. The topological polar surface area (TPSA) is 46.5 Å². The van der Waals surface area contributed by atoms with Crippen molar-refractivity contribution in [3.63, 3.8) is 0 Å². The average Bonchev–Trinajstić information content (AvgIpc) is 2.40. The van der Waals surface area contributed by atoms with E-state index >= 15 is 0 Å². The van der Waals surface area contributed by atoms with Gasteiger partial charge in [0.15, 0.2) is 0 Å². The number of rotatable bonds is 5. The van der Waals surface area contributed by atoms with Gasteiger partial charge in [-0.05, 0) is 36.2 Å². The van der Waals surface area contributed by atoms with Crippen LogP contribution in [0.4, 0.5) is 0 Å². The Balaban J connectivity index is 2.15. The predicted octanol–water partition coefficient (Wildman–Crippen LogP) is 3.90. The molecule has 0 fully saturated rings. The van der Waals surface area contributed by atoms with Crippen LogP contribution in [0.3, 0.4) is 0 Å². The van der Waals surface area contributed by atoms with E-state index in [0.29, 0.717) is 16.3 Å². The van der Waals surface area contributed by atoms with Crippen molar-refractivity contribution in [1.82, 2.24) is 0 Å². The van der Waals surface area contributed by atoms with Crippen LogP contribution in [0.5, 0.6) is 5.75 Å². The number of ether oxygens (including phenoxy) is 1. The maximum absolute atomic E-state index is 11.4. The molecule has 0 saturated heterocycles. The van der Waals surface area contributed by atoms with Crippen molar-refractivity contribution >= 4 is 17.6 Å². The van der Waals surface area contributed by atoms with Crippen LogP contribution in [0.25, 0.3) is 0 Å². The third-order valence-electron chi connectivity index (χ3n) is 2.98. The van der Waals surface area contributed by atoms with E-state index in [1.165, 1.54) is 0 Å². The van der Waals surface area contributed by atoms with E-state index in [9.17, 15) is 9.90 Å². The molecule has 4 heteroatoms. The number of halogens is 1. The van der Waals surface area contributed by atoms with Gasteiger partial charge >= 0.3 is 5.97 Å². The lowest BCUT2D eigenvalue weighted by molar-refractivity contribution is -0.139. The molecule has 0 aromatic heterocycles. The molecule has 104 valence electrons. The summed E-state index contributed by atoms with van der Waals surface area (Å²) >= 11 is 6.05. The molecule has 3 nitrogen and oxygen atoms in total. The average molecular weight is 291 g/mol. The lowest BCUT2D eigenvalue weighted by atomic mass is 10.0. The van der Waals surface area contributed by atoms with Gasteiger partial charge in [0, 0.05) is 5.02 Å². The SMILES string of the molecule is Cc1cccc(OCC(C(=O)O)c2ccccc2Cl)c1. The Labute approximate surface area is 122 Å². The van der Waals surface area contributed by atoms with Crippen LogP contribution in [0.1, 0.15) is 17.0 Å². The van der Waals surface area contributed by atoms with Crippen molar-refractivity contribution in [2.24, 2.45) is 0 Å². The van der Waals surface area contributed by atoms with Crippen LogP contribution < -0.4 is 4.74 Å². The van der Waals surface area contributed by atoms with E-state index in [2.05, 4.69) is 0 Å². The first-order valence-electron chi connectivity index (χ1n) is 6.24. The highest BCUT2D eigenvalue weighted by Crippen LogP contribution is 2.26. The Morgan fingerprint density at radius 2 is 2.00 bits per heavy atom. The van der Waals surface area contributed by atoms with Crippen LogP contribution in [0.15, 0.2) is 48.5 Å². The van der Waals surface area contributed by atoms with E-state index in [1.807, 2.05) is 25.1 Å². The summed E-state index contributed by atoms with van der Waals surface area (Å²) in [6, 6.07) is 14.4. The monoisotopic (exact) mass is 290 g/mol. The molecule has 0 spiro atoms. The van der Waals surface area contributed by atoms with Crippen LogP contribution in [-0.4, -0.2) is 17.7 Å². The first kappa shape index (κ1) is 14.4. The number of carbonyl (C=O) groups is 1.